The summed E-state index contributed by atoms with van der Waals surface area (Å²) in [5.41, 5.74) is 0. The van der Waals surface area contributed by atoms with Crippen LogP contribution in [0.2, 0.25) is 0 Å². The van der Waals surface area contributed by atoms with Crippen LogP contribution in [0.5, 0.6) is 0 Å². The second-order valence-electron chi connectivity index (χ2n) is 6.87. The Balaban J connectivity index is 1.45. The third-order valence-corrected chi connectivity index (χ3v) is 8.04. The summed E-state index contributed by atoms with van der Waals surface area (Å²) in [6, 6.07) is 0.645. The predicted molar refractivity (Wildman–Crippen MR) is 95.6 cm³/mol. The molecule has 7 heteroatoms. The van der Waals surface area contributed by atoms with Gasteiger partial charge in [0.2, 0.25) is 0 Å². The molecule has 0 aromatic heterocycles. The first-order valence-electron chi connectivity index (χ1n) is 8.60. The zero-order valence-corrected chi connectivity index (χ0v) is 15.4. The highest BCUT2D eigenvalue weighted by Crippen LogP contribution is 2.27. The molecule has 5 nitrogen and oxygen atoms in total. The van der Waals surface area contributed by atoms with Crippen molar-refractivity contribution in [1.29, 1.82) is 0 Å². The van der Waals surface area contributed by atoms with E-state index in [9.17, 15) is 8.42 Å². The van der Waals surface area contributed by atoms with Gasteiger partial charge in [-0.05, 0) is 43.9 Å². The molecule has 2 saturated heterocycles. The lowest BCUT2D eigenvalue weighted by Gasteiger charge is -2.37. The first-order chi connectivity index (χ1) is 11.0. The molecule has 0 aromatic carbocycles. The van der Waals surface area contributed by atoms with Crippen molar-refractivity contribution in [1.82, 2.24) is 10.6 Å². The fourth-order valence-electron chi connectivity index (χ4n) is 3.62. The van der Waals surface area contributed by atoms with Crippen molar-refractivity contribution in [2.45, 2.75) is 60.9 Å². The van der Waals surface area contributed by atoms with Gasteiger partial charge in [-0.15, -0.1) is 0 Å². The van der Waals surface area contributed by atoms with Crippen molar-refractivity contribution >= 4 is 21.6 Å². The second kappa shape index (κ2) is 7.87. The quantitative estimate of drug-likeness (QED) is 0.721. The molecule has 3 rings (SSSR count). The van der Waals surface area contributed by atoms with E-state index in [1.54, 1.807) is 0 Å². The Bertz CT molecular complexity index is 509. The second-order valence-corrected chi connectivity index (χ2v) is 10.6. The average molecular weight is 361 g/mol. The molecule has 0 saturated carbocycles. The molecular weight excluding hydrogens is 332 g/mol. The molecule has 0 radical (unpaired) electrons. The smallest absolute Gasteiger partial charge is 0.151 e. The minimum Gasteiger partial charge on any atom is -0.359 e. The standard InChI is InChI=1S/C16H28N2O3S2/c1-23(19,20)13-7-8-14(17-10-13)15-5-2-6-16(18-15)21-11-12-4-3-9-22-12/h2,6,12-18H,3-5,7-11H2,1H3. The van der Waals surface area contributed by atoms with E-state index < -0.39 is 9.84 Å². The Morgan fingerprint density at radius 3 is 2.78 bits per heavy atom. The minimum absolute atomic E-state index is 0.00983. The molecule has 132 valence electrons. The van der Waals surface area contributed by atoms with Crippen LogP contribution in [0.15, 0.2) is 12.2 Å². The van der Waals surface area contributed by atoms with Gasteiger partial charge >= 0.3 is 0 Å². The predicted octanol–water partition coefficient (Wildman–Crippen LogP) is 1.31. The number of hydrogen-bond acceptors (Lipinski definition) is 6. The summed E-state index contributed by atoms with van der Waals surface area (Å²) in [4.78, 5) is 0. The lowest BCUT2D eigenvalue weighted by molar-refractivity contribution is 0.0447. The number of nitrogens with one attached hydrogen (secondary N) is 2. The molecule has 3 aliphatic heterocycles. The van der Waals surface area contributed by atoms with Crippen molar-refractivity contribution in [3.8, 4) is 0 Å². The van der Waals surface area contributed by atoms with Gasteiger partial charge in [-0.1, -0.05) is 6.08 Å². The maximum atomic E-state index is 11.6. The van der Waals surface area contributed by atoms with Crippen LogP contribution in [0.1, 0.15) is 32.1 Å². The van der Waals surface area contributed by atoms with Gasteiger partial charge in [0.25, 0.3) is 0 Å². The van der Waals surface area contributed by atoms with Crippen LogP contribution in [0.25, 0.3) is 0 Å². The summed E-state index contributed by atoms with van der Waals surface area (Å²) >= 11 is 2.02. The Morgan fingerprint density at radius 1 is 1.26 bits per heavy atom. The lowest BCUT2D eigenvalue weighted by Crippen LogP contribution is -2.57. The van der Waals surface area contributed by atoms with Gasteiger partial charge in [0.15, 0.2) is 9.84 Å². The molecule has 3 heterocycles. The van der Waals surface area contributed by atoms with E-state index in [0.29, 0.717) is 23.9 Å². The molecule has 5 atom stereocenters. The SMILES string of the molecule is CS(=O)(=O)C1CCC(C2CC=CC(OCC3CCCS3)N2)NC1. The third-order valence-electron chi connectivity index (χ3n) is 5.06. The minimum atomic E-state index is -2.93. The summed E-state index contributed by atoms with van der Waals surface area (Å²) in [7, 11) is -2.93. The molecule has 0 spiro atoms. The van der Waals surface area contributed by atoms with Gasteiger partial charge in [-0.25, -0.2) is 8.42 Å². The maximum Gasteiger partial charge on any atom is 0.151 e. The Morgan fingerprint density at radius 2 is 2.13 bits per heavy atom. The number of rotatable bonds is 5. The van der Waals surface area contributed by atoms with E-state index in [4.69, 9.17) is 4.74 Å². The highest BCUT2D eigenvalue weighted by atomic mass is 32.2. The van der Waals surface area contributed by atoms with Crippen molar-refractivity contribution in [3.63, 3.8) is 0 Å². The third kappa shape index (κ3) is 4.95. The fraction of sp³-hybridized carbons (Fsp3) is 0.875. The van der Waals surface area contributed by atoms with E-state index in [-0.39, 0.29) is 11.5 Å². The van der Waals surface area contributed by atoms with Crippen LogP contribution < -0.4 is 10.6 Å². The highest BCUT2D eigenvalue weighted by molar-refractivity contribution is 8.00. The molecule has 2 N–H and O–H groups in total. The van der Waals surface area contributed by atoms with E-state index in [0.717, 1.165) is 25.9 Å². The number of piperidine rings is 1. The summed E-state index contributed by atoms with van der Waals surface area (Å²) < 4.78 is 29.3. The topological polar surface area (TPSA) is 67.4 Å². The van der Waals surface area contributed by atoms with E-state index in [2.05, 4.69) is 22.8 Å². The number of hydrogen-bond donors (Lipinski definition) is 2. The Kier molecular flexibility index (Phi) is 6.07. The number of thioether (sulfide) groups is 1. The van der Waals surface area contributed by atoms with Crippen molar-refractivity contribution in [2.75, 3.05) is 25.2 Å². The molecule has 0 aliphatic carbocycles. The van der Waals surface area contributed by atoms with E-state index in [1.165, 1.54) is 24.9 Å². The molecule has 0 aromatic rings. The summed E-state index contributed by atoms with van der Waals surface area (Å²) in [5, 5.41) is 7.41. The highest BCUT2D eigenvalue weighted by Gasteiger charge is 2.32. The largest absolute Gasteiger partial charge is 0.359 e. The summed E-state index contributed by atoms with van der Waals surface area (Å²) in [6.07, 6.45) is 10.8. The van der Waals surface area contributed by atoms with Gasteiger partial charge in [0.05, 0.1) is 11.9 Å². The molecule has 2 fully saturated rings. The number of ether oxygens (including phenoxy) is 1. The molecule has 0 bridgehead atoms. The molecular formula is C16H28N2O3S2. The zero-order chi connectivity index (χ0) is 16.3. The van der Waals surface area contributed by atoms with Gasteiger partial charge < -0.3 is 10.1 Å². The van der Waals surface area contributed by atoms with Crippen molar-refractivity contribution in [2.24, 2.45) is 0 Å². The van der Waals surface area contributed by atoms with Gasteiger partial charge in [-0.2, -0.15) is 11.8 Å². The lowest BCUT2D eigenvalue weighted by atomic mass is 9.94. The molecule has 23 heavy (non-hydrogen) atoms. The van der Waals surface area contributed by atoms with Crippen molar-refractivity contribution in [3.05, 3.63) is 12.2 Å². The summed E-state index contributed by atoms with van der Waals surface area (Å²) in [5.74, 6) is 1.26. The molecule has 5 unspecified atom stereocenters. The van der Waals surface area contributed by atoms with Gasteiger partial charge in [0, 0.05) is 30.1 Å². The van der Waals surface area contributed by atoms with Crippen LogP contribution in [0.3, 0.4) is 0 Å². The Labute approximate surface area is 143 Å². The van der Waals surface area contributed by atoms with Crippen LogP contribution in [-0.4, -0.2) is 62.4 Å². The number of sulfone groups is 1. The monoisotopic (exact) mass is 360 g/mol. The van der Waals surface area contributed by atoms with Gasteiger partial charge in [0.1, 0.15) is 6.23 Å². The van der Waals surface area contributed by atoms with Crippen LogP contribution in [0, 0.1) is 0 Å². The maximum absolute atomic E-state index is 11.6. The van der Waals surface area contributed by atoms with Crippen LogP contribution in [0.4, 0.5) is 0 Å². The van der Waals surface area contributed by atoms with E-state index >= 15 is 0 Å². The van der Waals surface area contributed by atoms with Crippen molar-refractivity contribution < 1.29 is 13.2 Å². The zero-order valence-electron chi connectivity index (χ0n) is 13.7. The first kappa shape index (κ1) is 17.7. The molecule has 0 amide bonds. The Hall–Kier alpha value is -0.0800. The normalized spacial score (nSPS) is 38.7. The summed E-state index contributed by atoms with van der Waals surface area (Å²) in [6.45, 7) is 1.38. The molecule has 3 aliphatic rings. The van der Waals surface area contributed by atoms with E-state index in [1.807, 2.05) is 11.8 Å². The fourth-order valence-corrected chi connectivity index (χ4v) is 5.75. The average Bonchev–Trinajstić information content (AvgIpc) is 3.06. The van der Waals surface area contributed by atoms with Crippen LogP contribution >= 0.6 is 11.8 Å². The van der Waals surface area contributed by atoms with Gasteiger partial charge in [-0.3, -0.25) is 5.32 Å². The first-order valence-corrected chi connectivity index (χ1v) is 11.6. The van der Waals surface area contributed by atoms with Crippen LogP contribution in [-0.2, 0) is 14.6 Å².